The van der Waals surface area contributed by atoms with Crippen LogP contribution < -0.4 is 37.2 Å². The Morgan fingerprint density at radius 1 is 0.721 bits per heavy atom. The lowest BCUT2D eigenvalue weighted by atomic mass is 10.1. The molecule has 232 valence electrons. The molecule has 0 saturated carbocycles. The molecule has 3 aromatic carbocycles. The first-order valence-electron chi connectivity index (χ1n) is 12.4. The largest absolute Gasteiger partial charge is 0.333 e. The number of sulfone groups is 2. The fraction of sp³-hybridized carbons (Fsp3) is 0.231. The zero-order valence-electron chi connectivity index (χ0n) is 23.7. The van der Waals surface area contributed by atoms with Crippen molar-refractivity contribution in [2.24, 2.45) is 0 Å². The zero-order valence-corrected chi connectivity index (χ0v) is 26.1. The Bertz CT molecular complexity index is 1620. The summed E-state index contributed by atoms with van der Waals surface area (Å²) in [5.74, 6) is 0.477. The SMILES string of the molecule is CSOOc1cc(C)cc(NNC(=O)NCc2ccc(CNC(=O)NNc3cc(S(C)(=O)=O)cc(S(C)(=O)=O)c3)cc2)c1. The van der Waals surface area contributed by atoms with E-state index in [-0.39, 0.29) is 28.6 Å². The summed E-state index contributed by atoms with van der Waals surface area (Å²) < 4.78 is 52.6. The number of hydrogen-bond donors (Lipinski definition) is 6. The Balaban J connectivity index is 1.44. The third-order valence-electron chi connectivity index (χ3n) is 5.56. The standard InChI is InChI=1S/C26H32N6O8S3/c1-17-9-20(11-22(10-17)39-40-41-2)29-31-25(33)27-15-18-5-7-19(8-6-18)16-28-26(34)32-30-21-12-23(42(3,35)36)14-24(13-21)43(4,37)38/h5-14,29-30H,15-16H2,1-4H3,(H2,27,31,33)(H2,28,32,34). The van der Waals surface area contributed by atoms with Crippen molar-refractivity contribution in [1.29, 1.82) is 0 Å². The van der Waals surface area contributed by atoms with E-state index in [0.717, 1.165) is 47.3 Å². The average Bonchev–Trinajstić information content (AvgIpc) is 2.95. The maximum Gasteiger partial charge on any atom is 0.333 e. The molecule has 0 unspecified atom stereocenters. The molecule has 0 aliphatic rings. The molecule has 4 amide bonds. The third kappa shape index (κ3) is 11.2. The minimum Gasteiger partial charge on any atom is -0.333 e. The van der Waals surface area contributed by atoms with Crippen LogP contribution in [0.25, 0.3) is 0 Å². The van der Waals surface area contributed by atoms with Crippen LogP contribution in [0.15, 0.2) is 70.5 Å². The maximum absolute atomic E-state index is 12.2. The molecule has 43 heavy (non-hydrogen) atoms. The quantitative estimate of drug-likeness (QED) is 0.0903. The van der Waals surface area contributed by atoms with E-state index in [2.05, 4.69) is 32.3 Å². The maximum atomic E-state index is 12.2. The zero-order chi connectivity index (χ0) is 31.6. The molecule has 6 N–H and O–H groups in total. The van der Waals surface area contributed by atoms with Crippen LogP contribution in [0.2, 0.25) is 0 Å². The summed E-state index contributed by atoms with van der Waals surface area (Å²) in [4.78, 5) is 29.2. The van der Waals surface area contributed by atoms with Gasteiger partial charge in [0.2, 0.25) is 0 Å². The summed E-state index contributed by atoms with van der Waals surface area (Å²) in [6.07, 6.45) is 3.63. The molecular weight excluding hydrogens is 621 g/mol. The number of hydrogen-bond acceptors (Lipinski definition) is 11. The molecule has 0 aliphatic heterocycles. The number of rotatable bonds is 13. The van der Waals surface area contributed by atoms with Crippen LogP contribution in [-0.2, 0) is 37.1 Å². The predicted octanol–water partition coefficient (Wildman–Crippen LogP) is 3.04. The first-order valence-corrected chi connectivity index (χ1v) is 17.4. The van der Waals surface area contributed by atoms with Crippen molar-refractivity contribution < 1.29 is 35.6 Å². The van der Waals surface area contributed by atoms with Gasteiger partial charge in [0, 0.05) is 50.0 Å². The van der Waals surface area contributed by atoms with Crippen molar-refractivity contribution in [2.45, 2.75) is 29.8 Å². The van der Waals surface area contributed by atoms with Crippen LogP contribution in [0.4, 0.5) is 21.0 Å². The van der Waals surface area contributed by atoms with Crippen LogP contribution in [0.1, 0.15) is 16.7 Å². The number of anilines is 2. The van der Waals surface area contributed by atoms with Gasteiger partial charge in [0.25, 0.3) is 0 Å². The van der Waals surface area contributed by atoms with Gasteiger partial charge in [-0.3, -0.25) is 21.7 Å². The smallest absolute Gasteiger partial charge is 0.333 e. The summed E-state index contributed by atoms with van der Waals surface area (Å²) >= 11 is 1.06. The first kappa shape index (κ1) is 33.3. The van der Waals surface area contributed by atoms with Crippen LogP contribution in [0.3, 0.4) is 0 Å². The van der Waals surface area contributed by atoms with Crippen molar-refractivity contribution in [1.82, 2.24) is 21.5 Å². The van der Waals surface area contributed by atoms with Gasteiger partial charge in [-0.1, -0.05) is 24.3 Å². The highest BCUT2D eigenvalue weighted by Crippen LogP contribution is 2.23. The van der Waals surface area contributed by atoms with E-state index in [0.29, 0.717) is 11.4 Å². The topological polar surface area (TPSA) is 193 Å². The second-order valence-electron chi connectivity index (χ2n) is 9.27. The molecule has 0 saturated heterocycles. The normalized spacial score (nSPS) is 11.3. The summed E-state index contributed by atoms with van der Waals surface area (Å²) in [5.41, 5.74) is 13.4. The van der Waals surface area contributed by atoms with Gasteiger partial charge in [-0.05, 0) is 53.9 Å². The Labute approximate surface area is 254 Å². The summed E-state index contributed by atoms with van der Waals surface area (Å²) in [6, 6.07) is 14.8. The van der Waals surface area contributed by atoms with E-state index < -0.39 is 31.7 Å². The monoisotopic (exact) mass is 652 g/mol. The fourth-order valence-electron chi connectivity index (χ4n) is 3.50. The number of aryl methyl sites for hydroxylation is 1. The van der Waals surface area contributed by atoms with Gasteiger partial charge < -0.3 is 15.5 Å². The molecule has 3 rings (SSSR count). The molecular formula is C26H32N6O8S3. The molecule has 14 nitrogen and oxygen atoms in total. The molecule has 0 heterocycles. The van der Waals surface area contributed by atoms with Gasteiger partial charge in [-0.15, -0.1) is 4.33 Å². The number of urea groups is 2. The number of carbonyl (C=O) groups excluding carboxylic acids is 2. The highest BCUT2D eigenvalue weighted by atomic mass is 32.2. The van der Waals surface area contributed by atoms with E-state index in [4.69, 9.17) is 9.22 Å². The fourth-order valence-corrected chi connectivity index (χ4v) is 5.08. The number of amides is 4. The van der Waals surface area contributed by atoms with Crippen molar-refractivity contribution in [2.75, 3.05) is 29.6 Å². The molecule has 17 heteroatoms. The van der Waals surface area contributed by atoms with Crippen LogP contribution >= 0.6 is 12.0 Å². The second-order valence-corrected chi connectivity index (χ2v) is 13.8. The van der Waals surface area contributed by atoms with Crippen molar-refractivity contribution in [3.8, 4) is 5.75 Å². The van der Waals surface area contributed by atoms with E-state index in [1.54, 1.807) is 42.7 Å². The third-order valence-corrected chi connectivity index (χ3v) is 7.94. The van der Waals surface area contributed by atoms with Crippen LogP contribution in [-0.4, -0.2) is 47.7 Å². The summed E-state index contributed by atoms with van der Waals surface area (Å²) in [7, 11) is -7.39. The highest BCUT2D eigenvalue weighted by Gasteiger charge is 2.16. The van der Waals surface area contributed by atoms with E-state index in [1.807, 2.05) is 13.0 Å². The number of nitrogens with one attached hydrogen (secondary N) is 6. The molecule has 0 atom stereocenters. The van der Waals surface area contributed by atoms with E-state index in [9.17, 15) is 26.4 Å². The number of benzene rings is 3. The van der Waals surface area contributed by atoms with Gasteiger partial charge >= 0.3 is 12.1 Å². The van der Waals surface area contributed by atoms with Gasteiger partial charge in [0.05, 0.1) is 21.2 Å². The molecule has 0 radical (unpaired) electrons. The average molecular weight is 653 g/mol. The second kappa shape index (κ2) is 14.8. The van der Waals surface area contributed by atoms with Crippen LogP contribution in [0.5, 0.6) is 5.75 Å². The minimum absolute atomic E-state index is 0.0768. The summed E-state index contributed by atoms with van der Waals surface area (Å²) in [5, 5.41) is 5.35. The Kier molecular flexibility index (Phi) is 11.5. The lowest BCUT2D eigenvalue weighted by Gasteiger charge is -2.13. The minimum atomic E-state index is -3.70. The molecule has 3 aromatic rings. The number of carbonyl (C=O) groups is 2. The predicted molar refractivity (Wildman–Crippen MR) is 163 cm³/mol. The number of hydrazine groups is 2. The molecule has 0 aromatic heterocycles. The lowest BCUT2D eigenvalue weighted by molar-refractivity contribution is -0.0770. The Hall–Kier alpha value is -4.19. The Morgan fingerprint density at radius 2 is 1.19 bits per heavy atom. The highest BCUT2D eigenvalue weighted by molar-refractivity contribution is 7.93. The van der Waals surface area contributed by atoms with Gasteiger partial charge in [-0.2, -0.15) is 0 Å². The lowest BCUT2D eigenvalue weighted by Crippen LogP contribution is -2.38. The van der Waals surface area contributed by atoms with Crippen molar-refractivity contribution in [3.05, 3.63) is 77.4 Å². The van der Waals surface area contributed by atoms with Gasteiger partial charge in [-0.25, -0.2) is 26.4 Å². The van der Waals surface area contributed by atoms with Crippen molar-refractivity contribution >= 4 is 55.2 Å². The van der Waals surface area contributed by atoms with Crippen molar-refractivity contribution in [3.63, 3.8) is 0 Å². The Morgan fingerprint density at radius 3 is 1.63 bits per heavy atom. The molecule has 0 spiro atoms. The molecule has 0 aliphatic carbocycles. The molecule has 0 bridgehead atoms. The van der Waals surface area contributed by atoms with E-state index >= 15 is 0 Å². The van der Waals surface area contributed by atoms with E-state index in [1.165, 1.54) is 12.1 Å². The van der Waals surface area contributed by atoms with Crippen LogP contribution in [0, 0.1) is 6.92 Å². The summed E-state index contributed by atoms with van der Waals surface area (Å²) in [6.45, 7) is 2.28. The first-order chi connectivity index (χ1) is 20.2. The molecule has 0 fully saturated rings. The van der Waals surface area contributed by atoms with Gasteiger partial charge in [0.1, 0.15) is 0 Å². The van der Waals surface area contributed by atoms with Gasteiger partial charge in [0.15, 0.2) is 25.4 Å².